The quantitative estimate of drug-likeness (QED) is 0.796. The van der Waals surface area contributed by atoms with Gasteiger partial charge in [0.25, 0.3) is 10.1 Å². The van der Waals surface area contributed by atoms with Gasteiger partial charge in [0.1, 0.15) is 6.10 Å². The third-order valence-electron chi connectivity index (χ3n) is 2.64. The summed E-state index contributed by atoms with van der Waals surface area (Å²) < 4.78 is 28.4. The highest BCUT2D eigenvalue weighted by Gasteiger charge is 2.17. The predicted molar refractivity (Wildman–Crippen MR) is 70.2 cm³/mol. The summed E-state index contributed by atoms with van der Waals surface area (Å²) >= 11 is 0. The van der Waals surface area contributed by atoms with Gasteiger partial charge in [0.2, 0.25) is 0 Å². The maximum Gasteiger partial charge on any atom is 0.297 e. The van der Waals surface area contributed by atoms with Crippen LogP contribution in [0.5, 0.6) is 0 Å². The van der Waals surface area contributed by atoms with Crippen molar-refractivity contribution in [3.63, 3.8) is 0 Å². The lowest BCUT2D eigenvalue weighted by Gasteiger charge is -2.09. The predicted octanol–water partition coefficient (Wildman–Crippen LogP) is 0.898. The number of aliphatic hydroxyl groups excluding tert-OH is 2. The summed E-state index contributed by atoms with van der Waals surface area (Å²) in [7, 11) is -3.93. The summed E-state index contributed by atoms with van der Waals surface area (Å²) in [6.45, 7) is -1.01. The van der Waals surface area contributed by atoms with Crippen molar-refractivity contribution in [2.45, 2.75) is 11.0 Å². The molecule has 0 aliphatic carbocycles. The highest BCUT2D eigenvalue weighted by Crippen LogP contribution is 2.20. The van der Waals surface area contributed by atoms with E-state index in [1.807, 2.05) is 18.2 Å². The van der Waals surface area contributed by atoms with E-state index in [9.17, 15) is 8.42 Å². The fraction of sp³-hybridized carbons (Fsp3) is 0.231. The molecule has 0 spiro atoms. The Labute approximate surface area is 111 Å². The maximum absolute atomic E-state index is 11.9. The molecule has 0 unspecified atom stereocenters. The fourth-order valence-corrected chi connectivity index (χ4v) is 2.59. The van der Waals surface area contributed by atoms with Gasteiger partial charge in [0, 0.05) is 0 Å². The van der Waals surface area contributed by atoms with E-state index < -0.39 is 29.4 Å². The van der Waals surface area contributed by atoms with Gasteiger partial charge in [-0.1, -0.05) is 30.3 Å². The zero-order valence-electron chi connectivity index (χ0n) is 10.1. The van der Waals surface area contributed by atoms with Crippen LogP contribution >= 0.6 is 0 Å². The third-order valence-corrected chi connectivity index (χ3v) is 3.91. The molecule has 2 rings (SSSR count). The van der Waals surface area contributed by atoms with Gasteiger partial charge in [-0.05, 0) is 22.9 Å². The molecule has 0 saturated carbocycles. The van der Waals surface area contributed by atoms with Gasteiger partial charge in [-0.2, -0.15) is 8.42 Å². The summed E-state index contributed by atoms with van der Waals surface area (Å²) in [4.78, 5) is 0.0244. The number of aliphatic hydroxyl groups is 2. The largest absolute Gasteiger partial charge is 0.394 e. The van der Waals surface area contributed by atoms with Crippen LogP contribution in [0.3, 0.4) is 0 Å². The molecule has 2 aromatic rings. The lowest BCUT2D eigenvalue weighted by molar-refractivity contribution is 0.0557. The van der Waals surface area contributed by atoms with E-state index >= 15 is 0 Å². The molecule has 0 amide bonds. The molecule has 0 fully saturated rings. The van der Waals surface area contributed by atoms with Crippen LogP contribution in [0.4, 0.5) is 0 Å². The number of hydrogen-bond donors (Lipinski definition) is 2. The average Bonchev–Trinajstić information content (AvgIpc) is 2.44. The molecule has 0 saturated heterocycles. The summed E-state index contributed by atoms with van der Waals surface area (Å²) in [6, 6.07) is 12.0. The molecular weight excluding hydrogens is 268 g/mol. The van der Waals surface area contributed by atoms with Crippen LogP contribution in [0.2, 0.25) is 0 Å². The van der Waals surface area contributed by atoms with Crippen LogP contribution in [-0.4, -0.2) is 37.9 Å². The van der Waals surface area contributed by atoms with Crippen LogP contribution in [0.1, 0.15) is 0 Å². The first-order chi connectivity index (χ1) is 9.03. The molecular formula is C13H14O5S. The molecule has 0 aromatic heterocycles. The number of benzene rings is 2. The zero-order chi connectivity index (χ0) is 13.9. The molecule has 5 nitrogen and oxygen atoms in total. The lowest BCUT2D eigenvalue weighted by atomic mass is 10.1. The van der Waals surface area contributed by atoms with E-state index in [4.69, 9.17) is 10.2 Å². The van der Waals surface area contributed by atoms with Gasteiger partial charge in [-0.25, -0.2) is 0 Å². The third kappa shape index (κ3) is 3.30. The van der Waals surface area contributed by atoms with Gasteiger partial charge < -0.3 is 10.2 Å². The van der Waals surface area contributed by atoms with Gasteiger partial charge in [-0.3, -0.25) is 4.18 Å². The van der Waals surface area contributed by atoms with Crippen LogP contribution in [0.15, 0.2) is 47.4 Å². The standard InChI is InChI=1S/C13H14O5S/c14-8-12(15)9-18-19(16,17)13-6-5-10-3-1-2-4-11(10)7-13/h1-7,12,14-15H,8-9H2/t12-/m1/s1. The normalized spacial score (nSPS) is 13.6. The maximum atomic E-state index is 11.9. The molecule has 0 heterocycles. The van der Waals surface area contributed by atoms with Crippen LogP contribution in [0, 0.1) is 0 Å². The Morgan fingerprint density at radius 2 is 1.79 bits per heavy atom. The van der Waals surface area contributed by atoms with Gasteiger partial charge in [0.15, 0.2) is 0 Å². The lowest BCUT2D eigenvalue weighted by Crippen LogP contribution is -2.22. The highest BCUT2D eigenvalue weighted by atomic mass is 32.2. The first-order valence-corrected chi connectivity index (χ1v) is 7.11. The van der Waals surface area contributed by atoms with E-state index in [-0.39, 0.29) is 4.90 Å². The number of rotatable bonds is 5. The molecule has 0 bridgehead atoms. The first-order valence-electron chi connectivity index (χ1n) is 5.70. The Morgan fingerprint density at radius 3 is 2.47 bits per heavy atom. The Morgan fingerprint density at radius 1 is 1.11 bits per heavy atom. The van der Waals surface area contributed by atoms with E-state index in [1.54, 1.807) is 12.1 Å². The summed E-state index contributed by atoms with van der Waals surface area (Å²) in [6.07, 6.45) is -1.21. The van der Waals surface area contributed by atoms with Crippen molar-refractivity contribution in [3.05, 3.63) is 42.5 Å². The van der Waals surface area contributed by atoms with Crippen molar-refractivity contribution < 1.29 is 22.8 Å². The molecule has 2 N–H and O–H groups in total. The second-order valence-electron chi connectivity index (χ2n) is 4.08. The van der Waals surface area contributed by atoms with Crippen LogP contribution in [0.25, 0.3) is 10.8 Å². The van der Waals surface area contributed by atoms with E-state index in [0.717, 1.165) is 10.8 Å². The molecule has 1 atom stereocenters. The van der Waals surface area contributed by atoms with Crippen LogP contribution in [-0.2, 0) is 14.3 Å². The minimum atomic E-state index is -3.93. The second-order valence-corrected chi connectivity index (χ2v) is 5.70. The van der Waals surface area contributed by atoms with Crippen molar-refractivity contribution in [3.8, 4) is 0 Å². The molecule has 2 aromatic carbocycles. The van der Waals surface area contributed by atoms with Gasteiger partial charge >= 0.3 is 0 Å². The van der Waals surface area contributed by atoms with Gasteiger partial charge in [-0.15, -0.1) is 0 Å². The molecule has 0 radical (unpaired) electrons. The topological polar surface area (TPSA) is 83.8 Å². The zero-order valence-corrected chi connectivity index (χ0v) is 10.9. The smallest absolute Gasteiger partial charge is 0.297 e. The molecule has 0 aliphatic heterocycles. The summed E-state index contributed by atoms with van der Waals surface area (Å²) in [5.74, 6) is 0. The summed E-state index contributed by atoms with van der Waals surface area (Å²) in [5, 5.41) is 19.4. The van der Waals surface area contributed by atoms with E-state index in [1.165, 1.54) is 12.1 Å². The van der Waals surface area contributed by atoms with Crippen LogP contribution < -0.4 is 0 Å². The van der Waals surface area contributed by atoms with Crippen molar-refractivity contribution in [2.75, 3.05) is 13.2 Å². The monoisotopic (exact) mass is 282 g/mol. The Kier molecular flexibility index (Phi) is 4.16. The number of fused-ring (bicyclic) bond motifs is 1. The Balaban J connectivity index is 2.27. The van der Waals surface area contributed by atoms with E-state index in [0.29, 0.717) is 0 Å². The average molecular weight is 282 g/mol. The SMILES string of the molecule is O=S(=O)(OC[C@H](O)CO)c1ccc2ccccc2c1. The minimum absolute atomic E-state index is 0.0244. The Bertz CT molecular complexity index is 666. The van der Waals surface area contributed by atoms with Gasteiger partial charge in [0.05, 0.1) is 18.1 Å². The number of hydrogen-bond acceptors (Lipinski definition) is 5. The molecule has 6 heteroatoms. The first kappa shape index (κ1) is 14.0. The van der Waals surface area contributed by atoms with Crippen molar-refractivity contribution >= 4 is 20.9 Å². The minimum Gasteiger partial charge on any atom is -0.394 e. The highest BCUT2D eigenvalue weighted by molar-refractivity contribution is 7.86. The van der Waals surface area contributed by atoms with Crippen molar-refractivity contribution in [2.24, 2.45) is 0 Å². The second kappa shape index (κ2) is 5.66. The molecule has 0 aliphatic rings. The molecule has 102 valence electrons. The summed E-state index contributed by atoms with van der Waals surface area (Å²) in [5.41, 5.74) is 0. The van der Waals surface area contributed by atoms with Crippen molar-refractivity contribution in [1.29, 1.82) is 0 Å². The molecule has 19 heavy (non-hydrogen) atoms. The fourth-order valence-electron chi connectivity index (χ4n) is 1.61. The van der Waals surface area contributed by atoms with E-state index in [2.05, 4.69) is 4.18 Å². The van der Waals surface area contributed by atoms with Crippen molar-refractivity contribution in [1.82, 2.24) is 0 Å². The Hall–Kier alpha value is -1.47.